The minimum atomic E-state index is -4.26. The zero-order valence-corrected chi connectivity index (χ0v) is 49.3. The largest absolute Gasteiger partial charge is 0.460 e. The maximum atomic E-state index is 14.2. The molecule has 24 nitrogen and oxygen atoms in total. The Balaban J connectivity index is 0.000000222. The molecular formula is C59H70N6O18P2+2. The number of primary amides is 2. The number of nitrogens with two attached hydrogens (primary N) is 2. The lowest BCUT2D eigenvalue weighted by Gasteiger charge is -2.26. The number of amides is 2. The van der Waals surface area contributed by atoms with E-state index >= 15 is 0 Å². The van der Waals surface area contributed by atoms with Crippen LogP contribution in [0.2, 0.25) is 0 Å². The summed E-state index contributed by atoms with van der Waals surface area (Å²) >= 11 is 0. The molecule has 3 fully saturated rings. The molecule has 2 amide bonds. The van der Waals surface area contributed by atoms with Gasteiger partial charge in [0, 0.05) is 12.1 Å². The number of hydrogen-bond acceptors (Lipinski definition) is 18. The van der Waals surface area contributed by atoms with Gasteiger partial charge in [-0.25, -0.2) is 9.13 Å². The molecule has 85 heavy (non-hydrogen) atoms. The fourth-order valence-corrected chi connectivity index (χ4v) is 12.0. The molecule has 6 unspecified atom stereocenters. The molecule has 0 spiro atoms. The van der Waals surface area contributed by atoms with E-state index in [1.165, 1.54) is 42.9 Å². The van der Waals surface area contributed by atoms with Gasteiger partial charge in [0.25, 0.3) is 24.3 Å². The van der Waals surface area contributed by atoms with Crippen molar-refractivity contribution in [1.82, 2.24) is 10.2 Å². The first-order valence-electron chi connectivity index (χ1n) is 27.1. The number of hydrogen-bond donors (Lipinski definition) is 6. The molecule has 0 saturated carbocycles. The maximum absolute atomic E-state index is 14.2. The summed E-state index contributed by atoms with van der Waals surface area (Å²) in [6.07, 6.45) is -1.52. The quantitative estimate of drug-likeness (QED) is 0.0242. The minimum Gasteiger partial charge on any atom is -0.460 e. The molecule has 0 radical (unpaired) electrons. The molecule has 4 aromatic carbocycles. The number of aromatic nitrogens is 2. The average Bonchev–Trinajstić information content (AvgIpc) is 1.92. The van der Waals surface area contributed by atoms with E-state index in [0.717, 1.165) is 22.3 Å². The van der Waals surface area contributed by atoms with E-state index in [-0.39, 0.29) is 36.9 Å². The summed E-state index contributed by atoms with van der Waals surface area (Å²) in [4.78, 5) is 48.9. The summed E-state index contributed by atoms with van der Waals surface area (Å²) in [5.41, 5.74) is 14.8. The van der Waals surface area contributed by atoms with Crippen LogP contribution in [-0.4, -0.2) is 102 Å². The Morgan fingerprint density at radius 2 is 0.988 bits per heavy atom. The first kappa shape index (κ1) is 63.7. The van der Waals surface area contributed by atoms with Crippen molar-refractivity contribution in [3.63, 3.8) is 0 Å². The van der Waals surface area contributed by atoms with Crippen molar-refractivity contribution in [1.29, 1.82) is 0 Å². The number of aliphatic hydroxyl groups is 2. The first-order valence-corrected chi connectivity index (χ1v) is 30.2. The summed E-state index contributed by atoms with van der Waals surface area (Å²) in [6, 6.07) is 36.1. The van der Waals surface area contributed by atoms with Crippen molar-refractivity contribution < 1.29 is 94.2 Å². The highest BCUT2D eigenvalue weighted by Gasteiger charge is 2.60. The predicted octanol–water partition coefficient (Wildman–Crippen LogP) is 5.65. The van der Waals surface area contributed by atoms with E-state index in [2.05, 4.69) is 10.2 Å². The van der Waals surface area contributed by atoms with Gasteiger partial charge in [-0.3, -0.25) is 28.2 Å². The van der Waals surface area contributed by atoms with Gasteiger partial charge in [0.05, 0.1) is 13.2 Å². The van der Waals surface area contributed by atoms with Crippen LogP contribution in [0.15, 0.2) is 158 Å². The molecule has 3 aliphatic heterocycles. The number of nitrogens with zero attached hydrogens (tertiary/aromatic N) is 2. The minimum absolute atomic E-state index is 0.0195. The van der Waals surface area contributed by atoms with Crippen molar-refractivity contribution in [3.05, 3.63) is 192 Å². The Kier molecular flexibility index (Phi) is 21.2. The molecular weight excluding hydrogens is 1140 g/mol. The van der Waals surface area contributed by atoms with Crippen molar-refractivity contribution in [2.75, 3.05) is 13.2 Å². The molecule has 0 bridgehead atoms. The van der Waals surface area contributed by atoms with E-state index < -0.39 is 113 Å². The summed E-state index contributed by atoms with van der Waals surface area (Å²) in [5, 5.41) is 26.6. The van der Waals surface area contributed by atoms with Crippen LogP contribution in [0.25, 0.3) is 0 Å². The van der Waals surface area contributed by atoms with Gasteiger partial charge in [-0.15, -0.1) is 0 Å². The number of carbonyl (C=O) groups excluding carboxylic acids is 4. The number of rotatable bonds is 24. The molecule has 3 aliphatic rings. The Hall–Kier alpha value is -7.28. The third-order valence-corrected chi connectivity index (χ3v) is 16.7. The molecule has 3 saturated heterocycles. The number of aliphatic hydroxyl groups excluding tert-OH is 2. The lowest BCUT2D eigenvalue weighted by molar-refractivity contribution is -0.766. The van der Waals surface area contributed by atoms with Gasteiger partial charge in [-0.1, -0.05) is 96.1 Å². The van der Waals surface area contributed by atoms with E-state index in [9.17, 15) is 38.5 Å². The van der Waals surface area contributed by atoms with Crippen LogP contribution in [0.4, 0.5) is 0 Å². The van der Waals surface area contributed by atoms with Crippen molar-refractivity contribution in [3.8, 4) is 11.5 Å². The lowest BCUT2D eigenvalue weighted by atomic mass is 10.1. The third-order valence-electron chi connectivity index (χ3n) is 13.4. The Morgan fingerprint density at radius 1 is 0.576 bits per heavy atom. The summed E-state index contributed by atoms with van der Waals surface area (Å²) < 4.78 is 89.3. The van der Waals surface area contributed by atoms with Crippen LogP contribution < -0.4 is 39.8 Å². The molecule has 12 atom stereocenters. The maximum Gasteiger partial charge on any atom is 0.459 e. The smallest absolute Gasteiger partial charge is 0.459 e. The Labute approximate surface area is 491 Å². The number of pyridine rings is 2. The number of esters is 2. The Morgan fingerprint density at radius 3 is 1.44 bits per heavy atom. The van der Waals surface area contributed by atoms with Gasteiger partial charge in [0.1, 0.15) is 72.3 Å². The molecule has 26 heteroatoms. The molecule has 0 aliphatic carbocycles. The number of fused-ring (bicyclic) bond motifs is 1. The second-order valence-corrected chi connectivity index (χ2v) is 24.2. The van der Waals surface area contributed by atoms with Gasteiger partial charge in [0.15, 0.2) is 42.8 Å². The standard InChI is InChI=1S/C31H36N3O9P.C28H32N3O9P/c1-20-12-14-24(15-13-20)43-44(37,33-21(2)30(36)38-18-22-9-6-5-7-10-22)39-19-25-26-27(42-31(3,4)41-26)29(40-25)34-16-8-11-23(17-34)28(32)35;1-18-10-12-22(13-11-18)40-41(36,30-19(2)28(35)37-16-20-7-4-3-5-8-20)38-17-23-24(32)25(33)27(39-23)31-14-6-9-21(15-31)26(29)34/h5-17,21,25-27,29H,18-19H2,1-4H3,(H2-,32,33,35,37);3-15,19,23-25,27,32-33H,16-17H2,1-2H3,(H2-,29,30,34,36)/p+2/t21?,25?,26-,27-,29-,44?;19?,23?,24-,25-,27-,41?/m11/s1. The number of nitrogens with one attached hydrogen (secondary N) is 2. The van der Waals surface area contributed by atoms with Gasteiger partial charge in [-0.2, -0.15) is 19.3 Å². The highest BCUT2D eigenvalue weighted by Crippen LogP contribution is 2.49. The molecule has 2 aromatic heterocycles. The van der Waals surface area contributed by atoms with Gasteiger partial charge in [-0.05, 0) is 89.1 Å². The van der Waals surface area contributed by atoms with Gasteiger partial charge < -0.3 is 59.1 Å². The topological polar surface area (TPSA) is 319 Å². The van der Waals surface area contributed by atoms with E-state index in [1.54, 1.807) is 104 Å². The van der Waals surface area contributed by atoms with E-state index in [4.69, 9.17) is 58.0 Å². The monoisotopic (exact) mass is 1210 g/mol. The fraction of sp³-hybridized carbons (Fsp3) is 0.356. The number of carbonyl (C=O) groups is 4. The number of benzene rings is 4. The van der Waals surface area contributed by atoms with Crippen LogP contribution >= 0.6 is 15.5 Å². The van der Waals surface area contributed by atoms with Crippen molar-refractivity contribution >= 4 is 39.2 Å². The molecule has 9 rings (SSSR count). The van der Waals surface area contributed by atoms with Crippen molar-refractivity contribution in [2.24, 2.45) is 11.5 Å². The third kappa shape index (κ3) is 17.4. The SMILES string of the molecule is Cc1ccc(OP(=O)(NC(C)C(=O)OCc2ccccc2)OCC2O[C@@H]([n+]3cccc(C(N)=O)c3)[C@@H]3OC(C)(C)O[C@H]23)cc1.Cc1ccc(OP(=O)(NC(C)C(=O)OCc2ccccc2)OCC2O[C@@H]([n+]3cccc(C(N)=O)c3)[C@H](O)[C@@H]2O)cc1. The van der Waals surface area contributed by atoms with E-state index in [0.29, 0.717) is 5.56 Å². The average molecular weight is 1210 g/mol. The lowest BCUT2D eigenvalue weighted by Crippen LogP contribution is -2.46. The second-order valence-electron chi connectivity index (χ2n) is 20.8. The van der Waals surface area contributed by atoms with Crippen molar-refractivity contribution in [2.45, 2.75) is 122 Å². The van der Waals surface area contributed by atoms with Crippen LogP contribution in [0.1, 0.15) is 83.1 Å². The number of ether oxygens (including phenoxy) is 6. The van der Waals surface area contributed by atoms with Crippen LogP contribution in [0, 0.1) is 13.8 Å². The summed E-state index contributed by atoms with van der Waals surface area (Å²) in [6.45, 7) is 9.66. The molecule has 6 aromatic rings. The normalized spacial score (nSPS) is 23.3. The molecule has 5 heterocycles. The second kappa shape index (κ2) is 28.3. The van der Waals surface area contributed by atoms with Gasteiger partial charge >= 0.3 is 27.4 Å². The van der Waals surface area contributed by atoms with Gasteiger partial charge in [0.2, 0.25) is 0 Å². The van der Waals surface area contributed by atoms with Crippen LogP contribution in [0.3, 0.4) is 0 Å². The number of aryl methyl sites for hydroxylation is 2. The molecule has 8 N–H and O–H groups in total. The first-order chi connectivity index (χ1) is 40.5. The van der Waals surface area contributed by atoms with Crippen LogP contribution in [-0.2, 0) is 69.4 Å². The van der Waals surface area contributed by atoms with Crippen LogP contribution in [0.5, 0.6) is 11.5 Å². The zero-order chi connectivity index (χ0) is 61.1. The highest BCUT2D eigenvalue weighted by molar-refractivity contribution is 7.52. The van der Waals surface area contributed by atoms with E-state index in [1.807, 2.05) is 62.4 Å². The molecule has 452 valence electrons. The summed E-state index contributed by atoms with van der Waals surface area (Å²) in [7, 11) is -8.46. The zero-order valence-electron chi connectivity index (χ0n) is 47.5. The predicted molar refractivity (Wildman–Crippen MR) is 302 cm³/mol. The highest BCUT2D eigenvalue weighted by atomic mass is 31.2. The Bertz CT molecular complexity index is 3350. The summed E-state index contributed by atoms with van der Waals surface area (Å²) in [5.74, 6) is -3.04. The fourth-order valence-electron chi connectivity index (χ4n) is 9.03.